The summed E-state index contributed by atoms with van der Waals surface area (Å²) < 4.78 is 12.0. The second-order valence-corrected chi connectivity index (χ2v) is 10.1. The number of aliphatic hydroxyl groups excluding tert-OH is 1. The van der Waals surface area contributed by atoms with Crippen LogP contribution in [0.25, 0.3) is 0 Å². The van der Waals surface area contributed by atoms with E-state index in [1.807, 2.05) is 48.5 Å². The fraction of sp³-hybridized carbons (Fsp3) is 0.294. The summed E-state index contributed by atoms with van der Waals surface area (Å²) in [6, 6.07) is 37.5. The molecule has 0 saturated heterocycles. The van der Waals surface area contributed by atoms with Crippen molar-refractivity contribution in [3.63, 3.8) is 0 Å². The van der Waals surface area contributed by atoms with Crippen LogP contribution in [-0.4, -0.2) is 35.3 Å². The molecule has 4 heteroatoms. The highest BCUT2D eigenvalue weighted by atomic mass is 16.5. The molecule has 0 saturated carbocycles. The first-order valence-corrected chi connectivity index (χ1v) is 13.7. The van der Waals surface area contributed by atoms with E-state index in [2.05, 4.69) is 65.6 Å². The summed E-state index contributed by atoms with van der Waals surface area (Å²) in [6.07, 6.45) is 3.65. The first-order chi connectivity index (χ1) is 18.7. The Hall–Kier alpha value is -3.60. The van der Waals surface area contributed by atoms with E-state index >= 15 is 0 Å². The summed E-state index contributed by atoms with van der Waals surface area (Å²) in [4.78, 5) is 2.45. The molecule has 0 aromatic heterocycles. The largest absolute Gasteiger partial charge is 0.491 e. The number of nitrogens with zero attached hydrogens (tertiary/aromatic N) is 1. The average molecular weight is 508 g/mol. The maximum Gasteiger partial charge on any atom is 0.120 e. The minimum Gasteiger partial charge on any atom is -0.491 e. The van der Waals surface area contributed by atoms with Gasteiger partial charge in [0.1, 0.15) is 30.8 Å². The summed E-state index contributed by atoms with van der Waals surface area (Å²) >= 11 is 0. The first-order valence-electron chi connectivity index (χ1n) is 13.7. The third-order valence-electron chi connectivity index (χ3n) is 7.24. The highest BCUT2D eigenvalue weighted by Crippen LogP contribution is 2.28. The van der Waals surface area contributed by atoms with Gasteiger partial charge in [-0.1, -0.05) is 84.9 Å². The Morgan fingerprint density at radius 1 is 0.737 bits per heavy atom. The maximum absolute atomic E-state index is 11.0. The molecule has 4 nitrogen and oxygen atoms in total. The SMILES string of the molecule is O[C@H](COc1ccccc1)CN(Cc1ccccc1)C1CCCc2ccc(OCc3ccccc3)cc2C1. The molecule has 1 unspecified atom stereocenters. The van der Waals surface area contributed by atoms with Crippen LogP contribution in [0, 0.1) is 0 Å². The standard InChI is InChI=1S/C34H37NO3/c36-32(26-38-33-17-8-3-9-18-33)24-35(23-27-11-4-1-5-12-27)31-16-10-15-29-19-20-34(22-30(29)21-31)37-25-28-13-6-2-7-14-28/h1-9,11-14,17-20,22,31-32,36H,10,15-16,21,23-26H2/t31?,32-/m0/s1. The highest BCUT2D eigenvalue weighted by molar-refractivity contribution is 5.37. The van der Waals surface area contributed by atoms with Crippen molar-refractivity contribution >= 4 is 0 Å². The van der Waals surface area contributed by atoms with Crippen LogP contribution in [0.5, 0.6) is 11.5 Å². The molecule has 0 heterocycles. The van der Waals surface area contributed by atoms with Gasteiger partial charge in [-0.2, -0.15) is 0 Å². The van der Waals surface area contributed by atoms with Crippen LogP contribution in [0.1, 0.15) is 35.1 Å². The van der Waals surface area contributed by atoms with E-state index in [1.54, 1.807) is 0 Å². The van der Waals surface area contributed by atoms with Crippen LogP contribution < -0.4 is 9.47 Å². The minimum absolute atomic E-state index is 0.274. The van der Waals surface area contributed by atoms with E-state index in [4.69, 9.17) is 9.47 Å². The van der Waals surface area contributed by atoms with Crippen molar-refractivity contribution in [2.24, 2.45) is 0 Å². The molecule has 0 amide bonds. The van der Waals surface area contributed by atoms with Crippen LogP contribution in [0.15, 0.2) is 109 Å². The number of fused-ring (bicyclic) bond motifs is 1. The molecule has 5 rings (SSSR count). The normalized spacial score (nSPS) is 15.9. The summed E-state index contributed by atoms with van der Waals surface area (Å²) in [5.74, 6) is 1.70. The van der Waals surface area contributed by atoms with Gasteiger partial charge in [-0.05, 0) is 72.2 Å². The molecular weight excluding hydrogens is 470 g/mol. The lowest BCUT2D eigenvalue weighted by molar-refractivity contribution is 0.0463. The second kappa shape index (κ2) is 13.3. The summed E-state index contributed by atoms with van der Waals surface area (Å²) in [5.41, 5.74) is 5.19. The Labute approximate surface area is 226 Å². The van der Waals surface area contributed by atoms with Crippen molar-refractivity contribution in [3.8, 4) is 11.5 Å². The lowest BCUT2D eigenvalue weighted by atomic mass is 10.00. The van der Waals surface area contributed by atoms with Gasteiger partial charge in [-0.3, -0.25) is 4.90 Å². The predicted octanol–water partition coefficient (Wildman–Crippen LogP) is 6.46. The van der Waals surface area contributed by atoms with Gasteiger partial charge in [-0.25, -0.2) is 0 Å². The lowest BCUT2D eigenvalue weighted by Crippen LogP contribution is -2.42. The van der Waals surface area contributed by atoms with Crippen molar-refractivity contribution in [2.45, 2.75) is 51.0 Å². The number of hydrogen-bond acceptors (Lipinski definition) is 4. The smallest absolute Gasteiger partial charge is 0.120 e. The topological polar surface area (TPSA) is 41.9 Å². The number of ether oxygens (including phenoxy) is 2. The lowest BCUT2D eigenvalue weighted by Gasteiger charge is -2.33. The van der Waals surface area contributed by atoms with Gasteiger partial charge >= 0.3 is 0 Å². The fourth-order valence-electron chi connectivity index (χ4n) is 5.26. The first kappa shape index (κ1) is 26.0. The second-order valence-electron chi connectivity index (χ2n) is 10.1. The molecule has 196 valence electrons. The van der Waals surface area contributed by atoms with Crippen LogP contribution in [-0.2, 0) is 26.0 Å². The molecule has 0 aliphatic heterocycles. The molecule has 0 radical (unpaired) electrons. The summed E-state index contributed by atoms with van der Waals surface area (Å²) in [7, 11) is 0. The van der Waals surface area contributed by atoms with Gasteiger partial charge < -0.3 is 14.6 Å². The van der Waals surface area contributed by atoms with E-state index in [-0.39, 0.29) is 6.61 Å². The molecule has 0 spiro atoms. The van der Waals surface area contributed by atoms with E-state index < -0.39 is 6.10 Å². The predicted molar refractivity (Wildman–Crippen MR) is 152 cm³/mol. The zero-order chi connectivity index (χ0) is 26.0. The van der Waals surface area contributed by atoms with Crippen LogP contribution in [0.4, 0.5) is 0 Å². The summed E-state index contributed by atoms with van der Waals surface area (Å²) in [6.45, 7) is 2.20. The van der Waals surface area contributed by atoms with Crippen molar-refractivity contribution in [2.75, 3.05) is 13.2 Å². The zero-order valence-corrected chi connectivity index (χ0v) is 21.9. The average Bonchev–Trinajstić information content (AvgIpc) is 3.18. The van der Waals surface area contributed by atoms with Gasteiger partial charge in [-0.15, -0.1) is 0 Å². The Morgan fingerprint density at radius 2 is 1.42 bits per heavy atom. The Kier molecular flexibility index (Phi) is 9.09. The molecule has 1 aliphatic carbocycles. The van der Waals surface area contributed by atoms with Crippen molar-refractivity contribution in [1.82, 2.24) is 4.90 Å². The van der Waals surface area contributed by atoms with Gasteiger partial charge in [0.25, 0.3) is 0 Å². The molecule has 38 heavy (non-hydrogen) atoms. The monoisotopic (exact) mass is 507 g/mol. The van der Waals surface area contributed by atoms with Crippen molar-refractivity contribution in [1.29, 1.82) is 0 Å². The van der Waals surface area contributed by atoms with E-state index in [1.165, 1.54) is 22.3 Å². The summed E-state index contributed by atoms with van der Waals surface area (Å²) in [5, 5.41) is 11.0. The van der Waals surface area contributed by atoms with Crippen molar-refractivity contribution in [3.05, 3.63) is 131 Å². The number of aryl methyl sites for hydroxylation is 1. The van der Waals surface area contributed by atoms with Gasteiger partial charge in [0, 0.05) is 19.1 Å². The fourth-order valence-corrected chi connectivity index (χ4v) is 5.26. The Bertz CT molecular complexity index is 1250. The van der Waals surface area contributed by atoms with Gasteiger partial charge in [0.2, 0.25) is 0 Å². The number of rotatable bonds is 11. The van der Waals surface area contributed by atoms with E-state index in [0.29, 0.717) is 19.2 Å². The Balaban J connectivity index is 1.29. The number of benzene rings is 4. The molecular formula is C34H37NO3. The third-order valence-corrected chi connectivity index (χ3v) is 7.24. The third kappa shape index (κ3) is 7.47. The number of hydrogen-bond donors (Lipinski definition) is 1. The highest BCUT2D eigenvalue weighted by Gasteiger charge is 2.25. The number of para-hydroxylation sites is 1. The quantitative estimate of drug-likeness (QED) is 0.237. The van der Waals surface area contributed by atoms with Crippen molar-refractivity contribution < 1.29 is 14.6 Å². The molecule has 4 aromatic carbocycles. The van der Waals surface area contributed by atoms with Crippen LogP contribution >= 0.6 is 0 Å². The molecule has 1 aliphatic rings. The molecule has 2 atom stereocenters. The van der Waals surface area contributed by atoms with Crippen LogP contribution in [0.2, 0.25) is 0 Å². The molecule has 1 N–H and O–H groups in total. The maximum atomic E-state index is 11.0. The molecule has 0 fully saturated rings. The van der Waals surface area contributed by atoms with Gasteiger partial charge in [0.05, 0.1) is 0 Å². The zero-order valence-electron chi connectivity index (χ0n) is 21.9. The van der Waals surface area contributed by atoms with E-state index in [9.17, 15) is 5.11 Å². The Morgan fingerprint density at radius 3 is 2.16 bits per heavy atom. The van der Waals surface area contributed by atoms with Gasteiger partial charge in [0.15, 0.2) is 0 Å². The van der Waals surface area contributed by atoms with E-state index in [0.717, 1.165) is 43.7 Å². The van der Waals surface area contributed by atoms with Crippen LogP contribution in [0.3, 0.4) is 0 Å². The molecule has 0 bridgehead atoms. The minimum atomic E-state index is -0.581. The molecule has 4 aromatic rings. The number of aliphatic hydroxyl groups is 1.